The molecular weight excluding hydrogens is 188 g/mol. The third-order valence-corrected chi connectivity index (χ3v) is 4.50. The van der Waals surface area contributed by atoms with Gasteiger partial charge in [-0.15, -0.1) is 0 Å². The van der Waals surface area contributed by atoms with Gasteiger partial charge in [0.05, 0.1) is 5.75 Å². The van der Waals surface area contributed by atoms with E-state index in [1.807, 2.05) is 0 Å². The smallest absolute Gasteiger partial charge is 0.264 e. The third-order valence-electron chi connectivity index (χ3n) is 3.78. The Labute approximate surface area is 79.3 Å². The first kappa shape index (κ1) is 9.46. The summed E-state index contributed by atoms with van der Waals surface area (Å²) in [5.41, 5.74) is 0.278. The molecule has 2 fully saturated rings. The largest absolute Gasteiger partial charge is 0.286 e. The molecule has 1 N–H and O–H groups in total. The molecule has 0 aromatic rings. The van der Waals surface area contributed by atoms with Crippen molar-refractivity contribution in [1.29, 1.82) is 0 Å². The van der Waals surface area contributed by atoms with Crippen molar-refractivity contribution in [2.45, 2.75) is 38.5 Å². The van der Waals surface area contributed by atoms with Crippen molar-refractivity contribution in [1.82, 2.24) is 0 Å². The summed E-state index contributed by atoms with van der Waals surface area (Å²) >= 11 is 0. The Morgan fingerprint density at radius 1 is 1.31 bits per heavy atom. The number of fused-ring (bicyclic) bond motifs is 2. The average Bonchev–Trinajstić information content (AvgIpc) is 2.59. The highest BCUT2D eigenvalue weighted by Gasteiger charge is 2.44. The van der Waals surface area contributed by atoms with Crippen LogP contribution in [0.2, 0.25) is 0 Å². The SMILES string of the molecule is O=S(=O)(O)CCC12CCC(CC1)C2. The van der Waals surface area contributed by atoms with E-state index in [-0.39, 0.29) is 11.2 Å². The van der Waals surface area contributed by atoms with Crippen LogP contribution in [0.25, 0.3) is 0 Å². The van der Waals surface area contributed by atoms with Gasteiger partial charge in [-0.25, -0.2) is 0 Å². The summed E-state index contributed by atoms with van der Waals surface area (Å²) in [5, 5.41) is 0. The van der Waals surface area contributed by atoms with E-state index in [2.05, 4.69) is 0 Å². The van der Waals surface area contributed by atoms with Crippen LogP contribution in [-0.4, -0.2) is 18.7 Å². The summed E-state index contributed by atoms with van der Waals surface area (Å²) in [7, 11) is -3.74. The Balaban J connectivity index is 1.95. The minimum atomic E-state index is -3.74. The van der Waals surface area contributed by atoms with Crippen LogP contribution in [-0.2, 0) is 10.1 Å². The molecule has 0 amide bonds. The van der Waals surface area contributed by atoms with Crippen molar-refractivity contribution in [3.63, 3.8) is 0 Å². The first-order chi connectivity index (χ1) is 5.99. The highest BCUT2D eigenvalue weighted by atomic mass is 32.2. The van der Waals surface area contributed by atoms with Crippen LogP contribution in [0.3, 0.4) is 0 Å². The van der Waals surface area contributed by atoms with Gasteiger partial charge in [0.2, 0.25) is 0 Å². The van der Waals surface area contributed by atoms with Gasteiger partial charge in [-0.2, -0.15) is 8.42 Å². The lowest BCUT2D eigenvalue weighted by atomic mass is 9.82. The van der Waals surface area contributed by atoms with Crippen molar-refractivity contribution in [2.24, 2.45) is 11.3 Å². The maximum atomic E-state index is 10.6. The van der Waals surface area contributed by atoms with Gasteiger partial charge in [0.1, 0.15) is 0 Å². The van der Waals surface area contributed by atoms with E-state index >= 15 is 0 Å². The summed E-state index contributed by atoms with van der Waals surface area (Å²) in [5.74, 6) is 0.807. The van der Waals surface area contributed by atoms with Gasteiger partial charge in [0.25, 0.3) is 10.1 Å². The van der Waals surface area contributed by atoms with Gasteiger partial charge in [-0.05, 0) is 49.9 Å². The van der Waals surface area contributed by atoms with E-state index in [1.54, 1.807) is 0 Å². The molecule has 0 radical (unpaired) electrons. The molecule has 0 aromatic carbocycles. The fourth-order valence-corrected chi connectivity index (χ4v) is 3.70. The molecule has 76 valence electrons. The zero-order chi connectivity index (χ0) is 9.53. The van der Waals surface area contributed by atoms with Crippen LogP contribution in [0, 0.1) is 11.3 Å². The minimum Gasteiger partial charge on any atom is -0.286 e. The maximum absolute atomic E-state index is 10.6. The van der Waals surface area contributed by atoms with Crippen molar-refractivity contribution in [3.05, 3.63) is 0 Å². The van der Waals surface area contributed by atoms with Crippen molar-refractivity contribution >= 4 is 10.1 Å². The molecule has 2 aliphatic carbocycles. The van der Waals surface area contributed by atoms with E-state index in [1.165, 1.54) is 32.1 Å². The Morgan fingerprint density at radius 2 is 1.92 bits per heavy atom. The van der Waals surface area contributed by atoms with Gasteiger partial charge < -0.3 is 0 Å². The van der Waals surface area contributed by atoms with Gasteiger partial charge in [0, 0.05) is 0 Å². The predicted octanol–water partition coefficient (Wildman–Crippen LogP) is 1.84. The van der Waals surface area contributed by atoms with Gasteiger partial charge in [0.15, 0.2) is 0 Å². The van der Waals surface area contributed by atoms with Gasteiger partial charge >= 0.3 is 0 Å². The summed E-state index contributed by atoms with van der Waals surface area (Å²) < 4.78 is 29.9. The molecule has 2 aliphatic rings. The Hall–Kier alpha value is -0.0900. The van der Waals surface area contributed by atoms with E-state index in [9.17, 15) is 8.42 Å². The molecule has 4 heteroatoms. The van der Waals surface area contributed by atoms with Crippen LogP contribution >= 0.6 is 0 Å². The first-order valence-electron chi connectivity index (χ1n) is 4.94. The zero-order valence-corrected chi connectivity index (χ0v) is 8.52. The Bertz CT molecular complexity index is 286. The lowest BCUT2D eigenvalue weighted by Gasteiger charge is -2.25. The molecule has 0 saturated heterocycles. The van der Waals surface area contributed by atoms with E-state index in [0.29, 0.717) is 6.42 Å². The van der Waals surface area contributed by atoms with Crippen LogP contribution in [0.5, 0.6) is 0 Å². The second-order valence-electron chi connectivity index (χ2n) is 4.68. The van der Waals surface area contributed by atoms with E-state index in [4.69, 9.17) is 4.55 Å². The van der Waals surface area contributed by atoms with Crippen LogP contribution in [0.1, 0.15) is 38.5 Å². The Kier molecular flexibility index (Phi) is 2.15. The van der Waals surface area contributed by atoms with Crippen molar-refractivity contribution in [3.8, 4) is 0 Å². The highest BCUT2D eigenvalue weighted by Crippen LogP contribution is 2.55. The predicted molar refractivity (Wildman–Crippen MR) is 50.0 cm³/mol. The summed E-state index contributed by atoms with van der Waals surface area (Å²) in [6.07, 6.45) is 6.75. The zero-order valence-electron chi connectivity index (χ0n) is 7.70. The monoisotopic (exact) mass is 204 g/mol. The Morgan fingerprint density at radius 3 is 2.31 bits per heavy atom. The number of rotatable bonds is 3. The fraction of sp³-hybridized carbons (Fsp3) is 1.00. The highest BCUT2D eigenvalue weighted by molar-refractivity contribution is 7.85. The van der Waals surface area contributed by atoms with Crippen LogP contribution < -0.4 is 0 Å². The summed E-state index contributed by atoms with van der Waals surface area (Å²) in [6.45, 7) is 0. The third kappa shape index (κ3) is 2.05. The molecule has 0 spiro atoms. The summed E-state index contributed by atoms with van der Waals surface area (Å²) in [4.78, 5) is 0. The van der Waals surface area contributed by atoms with Gasteiger partial charge in [-0.3, -0.25) is 4.55 Å². The standard InChI is InChI=1S/C9H16O3S/c10-13(11,12)6-5-9-3-1-8(7-9)2-4-9/h8H,1-7H2,(H,10,11,12). The summed E-state index contributed by atoms with van der Waals surface area (Å²) in [6, 6.07) is 0. The van der Waals surface area contributed by atoms with E-state index < -0.39 is 10.1 Å². The topological polar surface area (TPSA) is 54.4 Å². The molecule has 2 saturated carbocycles. The molecule has 0 unspecified atom stereocenters. The molecule has 2 rings (SSSR count). The molecule has 13 heavy (non-hydrogen) atoms. The normalized spacial score (nSPS) is 38.4. The molecule has 0 heterocycles. The lowest BCUT2D eigenvalue weighted by Crippen LogP contribution is -2.19. The van der Waals surface area contributed by atoms with Crippen molar-refractivity contribution < 1.29 is 13.0 Å². The quantitative estimate of drug-likeness (QED) is 0.714. The molecular formula is C9H16O3S. The van der Waals surface area contributed by atoms with Gasteiger partial charge in [-0.1, -0.05) is 0 Å². The van der Waals surface area contributed by atoms with Crippen molar-refractivity contribution in [2.75, 3.05) is 5.75 Å². The first-order valence-corrected chi connectivity index (χ1v) is 6.55. The molecule has 0 aromatic heterocycles. The molecule has 2 bridgehead atoms. The molecule has 0 aliphatic heterocycles. The fourth-order valence-electron chi connectivity index (χ4n) is 3.01. The minimum absolute atomic E-state index is 0.0419. The molecule has 3 nitrogen and oxygen atoms in total. The number of hydrogen-bond donors (Lipinski definition) is 1. The lowest BCUT2D eigenvalue weighted by molar-refractivity contribution is 0.282. The molecule has 0 atom stereocenters. The van der Waals surface area contributed by atoms with Crippen LogP contribution in [0.4, 0.5) is 0 Å². The van der Waals surface area contributed by atoms with E-state index in [0.717, 1.165) is 5.92 Å². The average molecular weight is 204 g/mol. The maximum Gasteiger partial charge on any atom is 0.264 e. The number of hydrogen-bond acceptors (Lipinski definition) is 2. The van der Waals surface area contributed by atoms with Crippen LogP contribution in [0.15, 0.2) is 0 Å². The second kappa shape index (κ2) is 2.95. The second-order valence-corrected chi connectivity index (χ2v) is 6.26.